The third-order valence-corrected chi connectivity index (χ3v) is 2.39. The zero-order valence-electron chi connectivity index (χ0n) is 11.6. The third kappa shape index (κ3) is 4.44. The molecular formula is C13H13F2NO5. The number of allylic oxidation sites excluding steroid dienone is 1. The molecule has 0 heterocycles. The Morgan fingerprint density at radius 1 is 1.24 bits per heavy atom. The van der Waals surface area contributed by atoms with Gasteiger partial charge in [0.15, 0.2) is 17.3 Å². The molecule has 6 nitrogen and oxygen atoms in total. The molecule has 0 unspecified atom stereocenters. The number of rotatable bonds is 6. The Morgan fingerprint density at radius 2 is 1.76 bits per heavy atom. The highest BCUT2D eigenvalue weighted by atomic mass is 19.3. The molecule has 114 valence electrons. The van der Waals surface area contributed by atoms with Gasteiger partial charge in [0.2, 0.25) is 11.9 Å². The quantitative estimate of drug-likeness (QED) is 0.457. The van der Waals surface area contributed by atoms with E-state index >= 15 is 0 Å². The molecule has 0 atom stereocenters. The van der Waals surface area contributed by atoms with Gasteiger partial charge in [-0.1, -0.05) is 0 Å². The van der Waals surface area contributed by atoms with Gasteiger partial charge in [0.05, 0.1) is 19.1 Å². The molecule has 1 rings (SSSR count). The van der Waals surface area contributed by atoms with Gasteiger partial charge in [-0.2, -0.15) is 8.78 Å². The van der Waals surface area contributed by atoms with Crippen molar-refractivity contribution in [1.82, 2.24) is 0 Å². The number of methoxy groups -OCH3 is 2. The molecule has 0 fully saturated rings. The normalized spacial score (nSPS) is 10.3. The van der Waals surface area contributed by atoms with E-state index in [4.69, 9.17) is 14.2 Å². The minimum atomic E-state index is -1.98. The summed E-state index contributed by atoms with van der Waals surface area (Å²) in [4.78, 5) is 9.68. The Kier molecular flexibility index (Phi) is 5.65. The molecule has 21 heavy (non-hydrogen) atoms. The molecule has 0 aliphatic heterocycles. The number of ether oxygens (including phenoxy) is 3. The van der Waals surface area contributed by atoms with Gasteiger partial charge in [-0.05, 0) is 24.6 Å². The van der Waals surface area contributed by atoms with Gasteiger partial charge in [-0.25, -0.2) is 0 Å². The fourth-order valence-electron chi connectivity index (χ4n) is 1.44. The molecule has 0 saturated carbocycles. The highest BCUT2D eigenvalue weighted by Crippen LogP contribution is 2.40. The first-order valence-electron chi connectivity index (χ1n) is 5.66. The maximum Gasteiger partial charge on any atom is 0.307 e. The minimum absolute atomic E-state index is 0.0384. The summed E-state index contributed by atoms with van der Waals surface area (Å²) in [5, 5.41) is 10.3. The molecule has 1 aromatic rings. The van der Waals surface area contributed by atoms with E-state index in [0.29, 0.717) is 5.56 Å². The number of nitro groups is 1. The lowest BCUT2D eigenvalue weighted by Gasteiger charge is -2.14. The van der Waals surface area contributed by atoms with Gasteiger partial charge in [0.1, 0.15) is 0 Å². The van der Waals surface area contributed by atoms with Crippen LogP contribution in [0.4, 0.5) is 8.78 Å². The molecule has 0 aromatic heterocycles. The highest BCUT2D eigenvalue weighted by Gasteiger charge is 2.16. The Balaban J connectivity index is 3.31. The van der Waals surface area contributed by atoms with Crippen molar-refractivity contribution in [2.24, 2.45) is 0 Å². The van der Waals surface area contributed by atoms with Crippen molar-refractivity contribution in [3.8, 4) is 17.2 Å². The Hall–Kier alpha value is -2.64. The van der Waals surface area contributed by atoms with Crippen LogP contribution in [0, 0.1) is 10.1 Å². The van der Waals surface area contributed by atoms with Gasteiger partial charge >= 0.3 is 6.08 Å². The van der Waals surface area contributed by atoms with Crippen LogP contribution in [0.5, 0.6) is 17.2 Å². The summed E-state index contributed by atoms with van der Waals surface area (Å²) >= 11 is 0. The van der Waals surface area contributed by atoms with Crippen molar-refractivity contribution in [3.05, 3.63) is 45.9 Å². The molecule has 0 spiro atoms. The van der Waals surface area contributed by atoms with E-state index in [9.17, 15) is 18.9 Å². The number of halogens is 2. The van der Waals surface area contributed by atoms with Crippen LogP contribution < -0.4 is 14.2 Å². The Morgan fingerprint density at radius 3 is 2.14 bits per heavy atom. The molecule has 8 heteroatoms. The van der Waals surface area contributed by atoms with Crippen LogP contribution in [0.15, 0.2) is 30.2 Å². The number of hydrogen-bond acceptors (Lipinski definition) is 5. The topological polar surface area (TPSA) is 70.8 Å². The van der Waals surface area contributed by atoms with Crippen molar-refractivity contribution in [2.45, 2.75) is 6.92 Å². The summed E-state index contributed by atoms with van der Waals surface area (Å²) in [6.07, 6.45) is -0.0228. The minimum Gasteiger partial charge on any atom is -0.493 e. The molecule has 0 radical (unpaired) electrons. The van der Waals surface area contributed by atoms with Crippen LogP contribution in [-0.2, 0) is 0 Å². The first kappa shape index (κ1) is 16.4. The zero-order chi connectivity index (χ0) is 16.0. The average Bonchev–Trinajstić information content (AvgIpc) is 2.45. The summed E-state index contributed by atoms with van der Waals surface area (Å²) in [5.74, 6) is -0.417. The van der Waals surface area contributed by atoms with E-state index < -0.39 is 16.8 Å². The standard InChI is InChI=1S/C13H13F2NO5/c1-8(13(14)15)21-12-10(19-2)6-9(4-5-16(17)18)7-11(12)20-3/h4-7H,1-3H3. The lowest BCUT2D eigenvalue weighted by atomic mass is 10.1. The van der Waals surface area contributed by atoms with E-state index in [1.807, 2.05) is 0 Å². The molecule has 0 saturated heterocycles. The molecule has 0 N–H and O–H groups in total. The monoisotopic (exact) mass is 301 g/mol. The lowest BCUT2D eigenvalue weighted by Crippen LogP contribution is -1.99. The summed E-state index contributed by atoms with van der Waals surface area (Å²) in [6.45, 7) is 1.09. The summed E-state index contributed by atoms with van der Waals surface area (Å²) in [5.41, 5.74) is 0.398. The van der Waals surface area contributed by atoms with Gasteiger partial charge in [0, 0.05) is 6.08 Å². The molecule has 0 amide bonds. The van der Waals surface area contributed by atoms with Crippen molar-refractivity contribution >= 4 is 6.08 Å². The van der Waals surface area contributed by atoms with E-state index in [0.717, 1.165) is 13.1 Å². The van der Waals surface area contributed by atoms with Crippen LogP contribution in [0.1, 0.15) is 12.5 Å². The fourth-order valence-corrected chi connectivity index (χ4v) is 1.44. The van der Waals surface area contributed by atoms with Crippen molar-refractivity contribution < 1.29 is 27.9 Å². The second-order valence-corrected chi connectivity index (χ2v) is 3.77. The predicted octanol–water partition coefficient (Wildman–Crippen LogP) is 3.46. The van der Waals surface area contributed by atoms with Crippen molar-refractivity contribution in [1.29, 1.82) is 0 Å². The third-order valence-electron chi connectivity index (χ3n) is 2.39. The van der Waals surface area contributed by atoms with Crippen LogP contribution in [0.25, 0.3) is 6.08 Å². The number of hydrogen-bond donors (Lipinski definition) is 0. The fraction of sp³-hybridized carbons (Fsp3) is 0.231. The van der Waals surface area contributed by atoms with E-state index in [2.05, 4.69) is 0 Å². The number of nitrogens with zero attached hydrogens (tertiary/aromatic N) is 1. The van der Waals surface area contributed by atoms with E-state index in [1.54, 1.807) is 0 Å². The largest absolute Gasteiger partial charge is 0.493 e. The SMILES string of the molecule is COc1cc(C=C[N+](=O)[O-])cc(OC)c1OC(C)=C(F)F. The first-order chi connectivity index (χ1) is 9.88. The first-order valence-corrected chi connectivity index (χ1v) is 5.66. The molecule has 0 bridgehead atoms. The molecule has 0 aliphatic carbocycles. The van der Waals surface area contributed by atoms with E-state index in [1.165, 1.54) is 32.4 Å². The Labute approximate surface area is 119 Å². The smallest absolute Gasteiger partial charge is 0.307 e. The molecule has 0 aliphatic rings. The van der Waals surface area contributed by atoms with Crippen LogP contribution in [-0.4, -0.2) is 19.1 Å². The predicted molar refractivity (Wildman–Crippen MR) is 71.1 cm³/mol. The zero-order valence-corrected chi connectivity index (χ0v) is 11.6. The Bertz CT molecular complexity index is 569. The van der Waals surface area contributed by atoms with Gasteiger partial charge < -0.3 is 14.2 Å². The highest BCUT2D eigenvalue weighted by molar-refractivity contribution is 5.62. The van der Waals surface area contributed by atoms with Gasteiger partial charge in [0.25, 0.3) is 0 Å². The van der Waals surface area contributed by atoms with Crippen LogP contribution in [0.2, 0.25) is 0 Å². The molecular weight excluding hydrogens is 288 g/mol. The summed E-state index contributed by atoms with van der Waals surface area (Å²) in [7, 11) is 2.63. The maximum atomic E-state index is 12.5. The summed E-state index contributed by atoms with van der Waals surface area (Å²) < 4.78 is 40.0. The van der Waals surface area contributed by atoms with Gasteiger partial charge in [-0.15, -0.1) is 0 Å². The van der Waals surface area contributed by atoms with Crippen LogP contribution in [0.3, 0.4) is 0 Å². The average molecular weight is 301 g/mol. The van der Waals surface area contributed by atoms with Crippen molar-refractivity contribution in [2.75, 3.05) is 14.2 Å². The molecule has 1 aromatic carbocycles. The van der Waals surface area contributed by atoms with Crippen molar-refractivity contribution in [3.63, 3.8) is 0 Å². The van der Waals surface area contributed by atoms with Gasteiger partial charge in [-0.3, -0.25) is 10.1 Å². The number of benzene rings is 1. The maximum absolute atomic E-state index is 12.5. The summed E-state index contributed by atoms with van der Waals surface area (Å²) in [6, 6.07) is 2.81. The van der Waals surface area contributed by atoms with Crippen LogP contribution >= 0.6 is 0 Å². The van der Waals surface area contributed by atoms with E-state index in [-0.39, 0.29) is 17.2 Å². The second kappa shape index (κ2) is 7.22. The second-order valence-electron chi connectivity index (χ2n) is 3.77. The lowest BCUT2D eigenvalue weighted by molar-refractivity contribution is -0.400.